The first-order chi connectivity index (χ1) is 7.09. The second-order valence-corrected chi connectivity index (χ2v) is 5.09. The summed E-state index contributed by atoms with van der Waals surface area (Å²) < 4.78 is 0. The van der Waals surface area contributed by atoms with Gasteiger partial charge in [-0.05, 0) is 40.2 Å². The minimum absolute atomic E-state index is 0.363. The summed E-state index contributed by atoms with van der Waals surface area (Å²) in [4.78, 5) is 5.13. The maximum Gasteiger partial charge on any atom is 0.0113 e. The van der Waals surface area contributed by atoms with Crippen LogP contribution in [0.3, 0.4) is 0 Å². The lowest BCUT2D eigenvalue weighted by Gasteiger charge is -2.37. The van der Waals surface area contributed by atoms with Crippen LogP contribution in [0.4, 0.5) is 0 Å². The molecule has 0 amide bonds. The first-order valence-corrected chi connectivity index (χ1v) is 6.31. The van der Waals surface area contributed by atoms with E-state index in [2.05, 4.69) is 30.6 Å². The standard InChI is InChI=1S/C12H27N3/c1-11(2)15-9-7-14(8-10-15)6-4-5-12(3)13/h11-12H,4-10,13H2,1-3H3. The van der Waals surface area contributed by atoms with Crippen LogP contribution >= 0.6 is 0 Å². The predicted molar refractivity (Wildman–Crippen MR) is 66.0 cm³/mol. The first-order valence-electron chi connectivity index (χ1n) is 6.31. The Hall–Kier alpha value is -0.120. The van der Waals surface area contributed by atoms with Crippen molar-refractivity contribution in [2.24, 2.45) is 5.73 Å². The van der Waals surface area contributed by atoms with Gasteiger partial charge in [0.05, 0.1) is 0 Å². The molecular formula is C12H27N3. The largest absolute Gasteiger partial charge is 0.328 e. The van der Waals surface area contributed by atoms with Crippen LogP contribution in [0.25, 0.3) is 0 Å². The van der Waals surface area contributed by atoms with Gasteiger partial charge in [0.25, 0.3) is 0 Å². The fourth-order valence-electron chi connectivity index (χ4n) is 2.14. The van der Waals surface area contributed by atoms with Crippen molar-refractivity contribution in [2.45, 2.75) is 45.7 Å². The number of piperazine rings is 1. The van der Waals surface area contributed by atoms with E-state index in [4.69, 9.17) is 5.73 Å². The first kappa shape index (κ1) is 12.9. The topological polar surface area (TPSA) is 32.5 Å². The van der Waals surface area contributed by atoms with Crippen molar-refractivity contribution in [2.75, 3.05) is 32.7 Å². The van der Waals surface area contributed by atoms with Crippen LogP contribution in [0.1, 0.15) is 33.6 Å². The Balaban J connectivity index is 2.09. The molecule has 0 saturated carbocycles. The third-order valence-corrected chi connectivity index (χ3v) is 3.27. The average molecular weight is 213 g/mol. The molecule has 0 radical (unpaired) electrons. The van der Waals surface area contributed by atoms with Crippen LogP contribution in [0.2, 0.25) is 0 Å². The summed E-state index contributed by atoms with van der Waals surface area (Å²) >= 11 is 0. The minimum atomic E-state index is 0.363. The Morgan fingerprint density at radius 1 is 1.07 bits per heavy atom. The third kappa shape index (κ3) is 4.96. The van der Waals surface area contributed by atoms with Gasteiger partial charge in [-0.3, -0.25) is 4.90 Å². The fourth-order valence-corrected chi connectivity index (χ4v) is 2.14. The Morgan fingerprint density at radius 2 is 1.67 bits per heavy atom. The SMILES string of the molecule is CC(N)CCCN1CCN(C(C)C)CC1. The van der Waals surface area contributed by atoms with E-state index in [1.165, 1.54) is 39.1 Å². The van der Waals surface area contributed by atoms with Gasteiger partial charge in [0, 0.05) is 38.3 Å². The highest BCUT2D eigenvalue weighted by molar-refractivity contribution is 4.74. The maximum atomic E-state index is 5.74. The Labute approximate surface area is 94.6 Å². The predicted octanol–water partition coefficient (Wildman–Crippen LogP) is 1.14. The van der Waals surface area contributed by atoms with Crippen LogP contribution in [-0.4, -0.2) is 54.6 Å². The average Bonchev–Trinajstić information content (AvgIpc) is 2.18. The molecule has 1 aliphatic heterocycles. The second kappa shape index (κ2) is 6.46. The number of hydrogen-bond acceptors (Lipinski definition) is 3. The van der Waals surface area contributed by atoms with E-state index in [0.29, 0.717) is 12.1 Å². The van der Waals surface area contributed by atoms with Crippen LogP contribution in [0, 0.1) is 0 Å². The Morgan fingerprint density at radius 3 is 2.13 bits per heavy atom. The third-order valence-electron chi connectivity index (χ3n) is 3.27. The van der Waals surface area contributed by atoms with Crippen molar-refractivity contribution >= 4 is 0 Å². The molecule has 3 nitrogen and oxygen atoms in total. The molecular weight excluding hydrogens is 186 g/mol. The van der Waals surface area contributed by atoms with Crippen LogP contribution in [0.5, 0.6) is 0 Å². The van der Waals surface area contributed by atoms with Gasteiger partial charge in [0.1, 0.15) is 0 Å². The van der Waals surface area contributed by atoms with E-state index in [9.17, 15) is 0 Å². The molecule has 1 saturated heterocycles. The van der Waals surface area contributed by atoms with Gasteiger partial charge in [-0.2, -0.15) is 0 Å². The molecule has 2 N–H and O–H groups in total. The number of hydrogen-bond donors (Lipinski definition) is 1. The molecule has 1 heterocycles. The number of rotatable bonds is 5. The van der Waals surface area contributed by atoms with Crippen molar-refractivity contribution < 1.29 is 0 Å². The molecule has 0 aromatic carbocycles. The summed E-state index contributed by atoms with van der Waals surface area (Å²) in [6.07, 6.45) is 2.41. The van der Waals surface area contributed by atoms with Crippen LogP contribution in [0.15, 0.2) is 0 Å². The van der Waals surface area contributed by atoms with Gasteiger partial charge in [-0.1, -0.05) is 0 Å². The lowest BCUT2D eigenvalue weighted by Crippen LogP contribution is -2.49. The van der Waals surface area contributed by atoms with Crippen molar-refractivity contribution in [1.29, 1.82) is 0 Å². The van der Waals surface area contributed by atoms with E-state index in [1.54, 1.807) is 0 Å². The van der Waals surface area contributed by atoms with E-state index < -0.39 is 0 Å². The highest BCUT2D eigenvalue weighted by Gasteiger charge is 2.17. The highest BCUT2D eigenvalue weighted by Crippen LogP contribution is 2.07. The van der Waals surface area contributed by atoms with E-state index in [0.717, 1.165) is 6.42 Å². The zero-order chi connectivity index (χ0) is 11.3. The van der Waals surface area contributed by atoms with Gasteiger partial charge in [0.15, 0.2) is 0 Å². The van der Waals surface area contributed by atoms with Gasteiger partial charge >= 0.3 is 0 Å². The van der Waals surface area contributed by atoms with Gasteiger partial charge in [0.2, 0.25) is 0 Å². The smallest absolute Gasteiger partial charge is 0.0113 e. The quantitative estimate of drug-likeness (QED) is 0.743. The summed E-state index contributed by atoms with van der Waals surface area (Å²) in [7, 11) is 0. The molecule has 1 unspecified atom stereocenters. The summed E-state index contributed by atoms with van der Waals surface area (Å²) in [5.41, 5.74) is 5.74. The molecule has 1 aliphatic rings. The van der Waals surface area contributed by atoms with Gasteiger partial charge < -0.3 is 10.6 Å². The summed E-state index contributed by atoms with van der Waals surface area (Å²) in [5.74, 6) is 0. The molecule has 0 aliphatic carbocycles. The number of nitrogens with zero attached hydrogens (tertiary/aromatic N) is 2. The second-order valence-electron chi connectivity index (χ2n) is 5.09. The summed E-state index contributed by atoms with van der Waals surface area (Å²) in [6, 6.07) is 1.07. The summed E-state index contributed by atoms with van der Waals surface area (Å²) in [6.45, 7) is 12.8. The van der Waals surface area contributed by atoms with Crippen molar-refractivity contribution in [3.05, 3.63) is 0 Å². The number of nitrogens with two attached hydrogens (primary N) is 1. The summed E-state index contributed by atoms with van der Waals surface area (Å²) in [5, 5.41) is 0. The van der Waals surface area contributed by atoms with E-state index in [1.807, 2.05) is 0 Å². The molecule has 3 heteroatoms. The van der Waals surface area contributed by atoms with Crippen molar-refractivity contribution in [1.82, 2.24) is 9.80 Å². The molecule has 0 aromatic heterocycles. The maximum absolute atomic E-state index is 5.74. The molecule has 15 heavy (non-hydrogen) atoms. The molecule has 1 fully saturated rings. The molecule has 1 atom stereocenters. The van der Waals surface area contributed by atoms with E-state index in [-0.39, 0.29) is 0 Å². The Kier molecular flexibility index (Phi) is 5.58. The highest BCUT2D eigenvalue weighted by atomic mass is 15.3. The zero-order valence-electron chi connectivity index (χ0n) is 10.6. The zero-order valence-corrected chi connectivity index (χ0v) is 10.6. The lowest BCUT2D eigenvalue weighted by molar-refractivity contribution is 0.107. The lowest BCUT2D eigenvalue weighted by atomic mass is 10.2. The molecule has 90 valence electrons. The minimum Gasteiger partial charge on any atom is -0.328 e. The molecule has 1 rings (SSSR count). The normalized spacial score (nSPS) is 22.2. The van der Waals surface area contributed by atoms with Gasteiger partial charge in [-0.25, -0.2) is 0 Å². The van der Waals surface area contributed by atoms with Crippen molar-refractivity contribution in [3.8, 4) is 0 Å². The van der Waals surface area contributed by atoms with Gasteiger partial charge in [-0.15, -0.1) is 0 Å². The van der Waals surface area contributed by atoms with Crippen LogP contribution in [-0.2, 0) is 0 Å². The van der Waals surface area contributed by atoms with Crippen LogP contribution < -0.4 is 5.73 Å². The van der Waals surface area contributed by atoms with Crippen molar-refractivity contribution in [3.63, 3.8) is 0 Å². The van der Waals surface area contributed by atoms with E-state index >= 15 is 0 Å². The molecule has 0 bridgehead atoms. The molecule has 0 spiro atoms. The molecule has 0 aromatic rings. The monoisotopic (exact) mass is 213 g/mol. The fraction of sp³-hybridized carbons (Fsp3) is 1.00. The Bertz CT molecular complexity index is 157.